The molecule has 4 aromatic carbocycles. The molecular formula is C31H30FNO3. The largest absolute Gasteiger partial charge is 0.486 e. The molecule has 0 spiro atoms. The van der Waals surface area contributed by atoms with Gasteiger partial charge < -0.3 is 14.7 Å². The summed E-state index contributed by atoms with van der Waals surface area (Å²) in [6.07, 6.45) is 2.66. The third kappa shape index (κ3) is 4.53. The van der Waals surface area contributed by atoms with E-state index < -0.39 is 11.8 Å². The van der Waals surface area contributed by atoms with Gasteiger partial charge in [-0.2, -0.15) is 0 Å². The van der Waals surface area contributed by atoms with Crippen molar-refractivity contribution in [2.24, 2.45) is 0 Å². The number of nitrogens with zero attached hydrogens (tertiary/aromatic N) is 1. The standard InChI is InChI=1S/C31H30FNO3/c1-20(24-14-8-11-22-10-3-4-13-25(22)24)9-7-12-23-19-33(26-15-5-6-16-28(26)36-23)27-18-17-21(2)29(30(27)32)31(34)35/h3-6,8,10-11,13-18,20,23H,7,9,12,19H2,1-2H3,(H,34,35)/t20-,23?/m0/s1. The van der Waals surface area contributed by atoms with Gasteiger partial charge in [0.2, 0.25) is 0 Å². The number of benzene rings is 4. The first-order chi connectivity index (χ1) is 17.4. The Morgan fingerprint density at radius 1 is 1.03 bits per heavy atom. The number of rotatable bonds is 7. The number of halogens is 1. The van der Waals surface area contributed by atoms with Crippen LogP contribution in [0.4, 0.5) is 15.8 Å². The van der Waals surface area contributed by atoms with Gasteiger partial charge in [-0.15, -0.1) is 0 Å². The van der Waals surface area contributed by atoms with Crippen LogP contribution < -0.4 is 9.64 Å². The Labute approximate surface area is 211 Å². The van der Waals surface area contributed by atoms with E-state index in [4.69, 9.17) is 4.74 Å². The zero-order valence-corrected chi connectivity index (χ0v) is 20.6. The minimum Gasteiger partial charge on any atom is -0.486 e. The first-order valence-electron chi connectivity index (χ1n) is 12.5. The Morgan fingerprint density at radius 2 is 1.78 bits per heavy atom. The molecule has 1 aliphatic heterocycles. The molecule has 5 rings (SSSR count). The molecule has 4 nitrogen and oxygen atoms in total. The van der Waals surface area contributed by atoms with Crippen molar-refractivity contribution in [1.29, 1.82) is 0 Å². The van der Waals surface area contributed by atoms with Gasteiger partial charge in [-0.05, 0) is 72.2 Å². The second-order valence-corrected chi connectivity index (χ2v) is 9.61. The van der Waals surface area contributed by atoms with Gasteiger partial charge >= 0.3 is 5.97 Å². The highest BCUT2D eigenvalue weighted by Gasteiger charge is 2.30. The predicted molar refractivity (Wildman–Crippen MR) is 142 cm³/mol. The number of aromatic carboxylic acids is 1. The molecule has 0 aromatic heterocycles. The van der Waals surface area contributed by atoms with Crippen LogP contribution in [0.15, 0.2) is 78.9 Å². The molecule has 0 radical (unpaired) electrons. The molecule has 0 aliphatic carbocycles. The minimum atomic E-state index is -1.26. The van der Waals surface area contributed by atoms with Gasteiger partial charge in [-0.3, -0.25) is 0 Å². The number of carbonyl (C=O) groups is 1. The highest BCUT2D eigenvalue weighted by molar-refractivity contribution is 5.92. The molecule has 1 heterocycles. The van der Waals surface area contributed by atoms with Crippen LogP contribution in [0.1, 0.15) is 53.6 Å². The Hall–Kier alpha value is -3.86. The van der Waals surface area contributed by atoms with E-state index in [1.54, 1.807) is 19.1 Å². The maximum absolute atomic E-state index is 15.4. The molecule has 184 valence electrons. The van der Waals surface area contributed by atoms with Gasteiger partial charge in [0, 0.05) is 0 Å². The van der Waals surface area contributed by atoms with Crippen molar-refractivity contribution in [3.8, 4) is 5.75 Å². The maximum atomic E-state index is 15.4. The molecule has 0 fully saturated rings. The Balaban J connectivity index is 1.34. The molecule has 4 aromatic rings. The highest BCUT2D eigenvalue weighted by Crippen LogP contribution is 2.41. The van der Waals surface area contributed by atoms with Crippen molar-refractivity contribution in [2.75, 3.05) is 11.4 Å². The predicted octanol–water partition coefficient (Wildman–Crippen LogP) is 7.86. The zero-order valence-electron chi connectivity index (χ0n) is 20.6. The fraction of sp³-hybridized carbons (Fsp3) is 0.258. The van der Waals surface area contributed by atoms with E-state index in [0.29, 0.717) is 23.8 Å². The quantitative estimate of drug-likeness (QED) is 0.291. The molecule has 0 saturated carbocycles. The minimum absolute atomic E-state index is 0.131. The van der Waals surface area contributed by atoms with Crippen molar-refractivity contribution in [1.82, 2.24) is 0 Å². The van der Waals surface area contributed by atoms with Crippen molar-refractivity contribution in [3.05, 3.63) is 101 Å². The molecular weight excluding hydrogens is 453 g/mol. The molecule has 5 heteroatoms. The fourth-order valence-corrected chi connectivity index (χ4v) is 5.30. The third-order valence-corrected chi connectivity index (χ3v) is 7.19. The monoisotopic (exact) mass is 483 g/mol. The van der Waals surface area contributed by atoms with Crippen LogP contribution in [0.2, 0.25) is 0 Å². The highest BCUT2D eigenvalue weighted by atomic mass is 19.1. The summed E-state index contributed by atoms with van der Waals surface area (Å²) in [4.78, 5) is 13.6. The van der Waals surface area contributed by atoms with Crippen LogP contribution in [0.25, 0.3) is 10.8 Å². The summed E-state index contributed by atoms with van der Waals surface area (Å²) in [7, 11) is 0. The van der Waals surface area contributed by atoms with Gasteiger partial charge in [0.25, 0.3) is 0 Å². The average molecular weight is 484 g/mol. The van der Waals surface area contributed by atoms with Crippen LogP contribution in [0.3, 0.4) is 0 Å². The average Bonchev–Trinajstić information content (AvgIpc) is 2.88. The molecule has 0 amide bonds. The third-order valence-electron chi connectivity index (χ3n) is 7.19. The summed E-state index contributed by atoms with van der Waals surface area (Å²) < 4.78 is 21.7. The van der Waals surface area contributed by atoms with E-state index in [9.17, 15) is 9.90 Å². The molecule has 1 unspecified atom stereocenters. The number of carboxylic acid groups (broad SMARTS) is 1. The molecule has 1 aliphatic rings. The summed E-state index contributed by atoms with van der Waals surface area (Å²) >= 11 is 0. The lowest BCUT2D eigenvalue weighted by molar-refractivity contribution is 0.0691. The van der Waals surface area contributed by atoms with E-state index in [-0.39, 0.29) is 17.4 Å². The van der Waals surface area contributed by atoms with Gasteiger partial charge in [0.1, 0.15) is 17.4 Å². The van der Waals surface area contributed by atoms with Crippen LogP contribution in [-0.2, 0) is 0 Å². The van der Waals surface area contributed by atoms with Gasteiger partial charge in [0.15, 0.2) is 5.82 Å². The molecule has 2 atom stereocenters. The number of ether oxygens (including phenoxy) is 1. The first kappa shape index (κ1) is 23.9. The number of anilines is 2. The molecule has 36 heavy (non-hydrogen) atoms. The van der Waals surface area contributed by atoms with E-state index in [0.717, 1.165) is 24.9 Å². The van der Waals surface area contributed by atoms with Crippen molar-refractivity contribution >= 4 is 28.1 Å². The normalized spacial score (nSPS) is 15.9. The maximum Gasteiger partial charge on any atom is 0.339 e. The lowest BCUT2D eigenvalue weighted by atomic mass is 9.90. The summed E-state index contributed by atoms with van der Waals surface area (Å²) in [6.45, 7) is 4.34. The second kappa shape index (κ2) is 10.0. The molecule has 0 bridgehead atoms. The number of fused-ring (bicyclic) bond motifs is 2. The lowest BCUT2D eigenvalue weighted by Crippen LogP contribution is -2.38. The van der Waals surface area contributed by atoms with Crippen LogP contribution >= 0.6 is 0 Å². The number of hydrogen-bond acceptors (Lipinski definition) is 3. The van der Waals surface area contributed by atoms with Crippen LogP contribution in [0.5, 0.6) is 5.75 Å². The Bertz CT molecular complexity index is 1410. The summed E-state index contributed by atoms with van der Waals surface area (Å²) in [6, 6.07) is 25.8. The fourth-order valence-electron chi connectivity index (χ4n) is 5.30. The zero-order chi connectivity index (χ0) is 25.2. The smallest absolute Gasteiger partial charge is 0.339 e. The van der Waals surface area contributed by atoms with Crippen LogP contribution in [-0.4, -0.2) is 23.7 Å². The lowest BCUT2D eigenvalue weighted by Gasteiger charge is -2.37. The SMILES string of the molecule is Cc1ccc(N2CC(CCC[C@H](C)c3cccc4ccccc34)Oc3ccccc32)c(F)c1C(=O)O. The Kier molecular flexibility index (Phi) is 6.64. The van der Waals surface area contributed by atoms with Crippen LogP contribution in [0, 0.1) is 12.7 Å². The van der Waals surface area contributed by atoms with E-state index in [2.05, 4.69) is 49.4 Å². The molecule has 0 saturated heterocycles. The first-order valence-corrected chi connectivity index (χ1v) is 12.5. The summed E-state index contributed by atoms with van der Waals surface area (Å²) in [5.74, 6) is -0.877. The number of carboxylic acids is 1. The topological polar surface area (TPSA) is 49.8 Å². The van der Waals surface area contributed by atoms with Crippen molar-refractivity contribution < 1.29 is 19.0 Å². The molecule has 1 N–H and O–H groups in total. The van der Waals surface area contributed by atoms with Gasteiger partial charge in [-0.1, -0.05) is 67.6 Å². The van der Waals surface area contributed by atoms with Gasteiger partial charge in [-0.25, -0.2) is 9.18 Å². The number of hydrogen-bond donors (Lipinski definition) is 1. The van der Waals surface area contributed by atoms with E-state index in [1.807, 2.05) is 29.2 Å². The summed E-state index contributed by atoms with van der Waals surface area (Å²) in [5.41, 5.74) is 2.49. The van der Waals surface area contributed by atoms with Gasteiger partial charge in [0.05, 0.1) is 17.9 Å². The second-order valence-electron chi connectivity index (χ2n) is 9.61. The number of para-hydroxylation sites is 2. The van der Waals surface area contributed by atoms with Crippen molar-refractivity contribution in [2.45, 2.75) is 45.1 Å². The van der Waals surface area contributed by atoms with E-state index >= 15 is 4.39 Å². The summed E-state index contributed by atoms with van der Waals surface area (Å²) in [5, 5.41) is 12.1. The Morgan fingerprint density at radius 3 is 2.61 bits per heavy atom. The van der Waals surface area contributed by atoms with Crippen molar-refractivity contribution in [3.63, 3.8) is 0 Å². The van der Waals surface area contributed by atoms with E-state index in [1.165, 1.54) is 16.3 Å². The number of aryl methyl sites for hydroxylation is 1.